The molecule has 0 saturated heterocycles. The number of aryl methyl sites for hydroxylation is 3. The summed E-state index contributed by atoms with van der Waals surface area (Å²) in [6, 6.07) is 10.5. The van der Waals surface area contributed by atoms with Crippen LogP contribution in [0.15, 0.2) is 40.7 Å². The van der Waals surface area contributed by atoms with Gasteiger partial charge in [0.25, 0.3) is 0 Å². The lowest BCUT2D eigenvalue weighted by molar-refractivity contribution is 0.281. The number of nitrogens with one attached hydrogen (secondary N) is 1. The molecule has 0 radical (unpaired) electrons. The highest BCUT2D eigenvalue weighted by molar-refractivity contribution is 7.09. The minimum Gasteiger partial charge on any atom is -0.492 e. The first kappa shape index (κ1) is 22.8. The Kier molecular flexibility index (Phi) is 8.06. The fourth-order valence-electron chi connectivity index (χ4n) is 3.22. The molecule has 8 heteroatoms. The molecule has 1 aromatic carbocycles. The van der Waals surface area contributed by atoms with E-state index < -0.39 is 0 Å². The number of benzene rings is 1. The van der Waals surface area contributed by atoms with Crippen LogP contribution in [0.5, 0.6) is 5.75 Å². The van der Waals surface area contributed by atoms with Crippen molar-refractivity contribution in [2.45, 2.75) is 33.7 Å². The number of guanidine groups is 1. The van der Waals surface area contributed by atoms with Crippen molar-refractivity contribution < 1.29 is 4.74 Å². The highest BCUT2D eigenvalue weighted by Gasteiger charge is 2.10. The molecular formula is C23H32N6OS. The summed E-state index contributed by atoms with van der Waals surface area (Å²) in [7, 11) is 4.00. The third-order valence-corrected chi connectivity index (χ3v) is 5.98. The number of likely N-dealkylation sites (N-methyl/N-ethyl adjacent to an activating group) is 1. The molecule has 2 heterocycles. The molecule has 0 aliphatic rings. The molecule has 0 atom stereocenters. The van der Waals surface area contributed by atoms with Crippen LogP contribution in [0.4, 0.5) is 0 Å². The SMILES string of the molecule is Cc1cc(C)cc(OCCN(C)C(=NCc2nnc(C)n2C)NCCc2cccs2)c1. The van der Waals surface area contributed by atoms with Crippen LogP contribution < -0.4 is 10.1 Å². The summed E-state index contributed by atoms with van der Waals surface area (Å²) in [5.41, 5.74) is 2.42. The molecular weight excluding hydrogens is 408 g/mol. The Balaban J connectivity index is 1.60. The molecule has 0 spiro atoms. The van der Waals surface area contributed by atoms with Gasteiger partial charge in [-0.2, -0.15) is 0 Å². The first-order valence-corrected chi connectivity index (χ1v) is 11.4. The summed E-state index contributed by atoms with van der Waals surface area (Å²) in [5, 5.41) is 13.9. The number of aromatic nitrogens is 3. The van der Waals surface area contributed by atoms with E-state index in [2.05, 4.69) is 70.0 Å². The van der Waals surface area contributed by atoms with Crippen molar-refractivity contribution in [3.8, 4) is 5.75 Å². The number of ether oxygens (including phenoxy) is 1. The number of nitrogens with zero attached hydrogens (tertiary/aromatic N) is 5. The van der Waals surface area contributed by atoms with Gasteiger partial charge in [-0.25, -0.2) is 4.99 Å². The smallest absolute Gasteiger partial charge is 0.194 e. The zero-order valence-corrected chi connectivity index (χ0v) is 19.9. The van der Waals surface area contributed by atoms with Crippen molar-refractivity contribution in [3.05, 3.63) is 63.4 Å². The van der Waals surface area contributed by atoms with Crippen molar-refractivity contribution in [1.29, 1.82) is 0 Å². The Morgan fingerprint density at radius 2 is 1.97 bits per heavy atom. The van der Waals surface area contributed by atoms with Crippen molar-refractivity contribution in [2.24, 2.45) is 12.0 Å². The second-order valence-electron chi connectivity index (χ2n) is 7.71. The summed E-state index contributed by atoms with van der Waals surface area (Å²) in [4.78, 5) is 8.25. The van der Waals surface area contributed by atoms with Gasteiger partial charge >= 0.3 is 0 Å². The van der Waals surface area contributed by atoms with Crippen molar-refractivity contribution in [2.75, 3.05) is 26.7 Å². The van der Waals surface area contributed by atoms with Crippen LogP contribution in [0.2, 0.25) is 0 Å². The number of rotatable bonds is 9. The summed E-state index contributed by atoms with van der Waals surface area (Å²) in [6.45, 7) is 8.70. The zero-order chi connectivity index (χ0) is 22.2. The maximum absolute atomic E-state index is 5.99. The van der Waals surface area contributed by atoms with Crippen LogP contribution in [0.3, 0.4) is 0 Å². The molecule has 0 amide bonds. The van der Waals surface area contributed by atoms with Gasteiger partial charge in [0, 0.05) is 25.5 Å². The molecule has 0 bridgehead atoms. The standard InChI is InChI=1S/C23H32N6OS/c1-17-13-18(2)15-20(14-17)30-11-10-28(4)23(24-9-8-21-7-6-12-31-21)25-16-22-27-26-19(3)29(22)5/h6-7,12-15H,8-11,16H2,1-5H3,(H,24,25). The van der Waals surface area contributed by atoms with Gasteiger partial charge < -0.3 is 19.5 Å². The molecule has 0 saturated carbocycles. The molecule has 31 heavy (non-hydrogen) atoms. The van der Waals surface area contributed by atoms with Gasteiger partial charge in [0.05, 0.1) is 6.54 Å². The third kappa shape index (κ3) is 6.82. The van der Waals surface area contributed by atoms with Gasteiger partial charge in [-0.3, -0.25) is 0 Å². The summed E-state index contributed by atoms with van der Waals surface area (Å²) < 4.78 is 7.96. The molecule has 1 N–H and O–H groups in total. The Morgan fingerprint density at radius 1 is 1.19 bits per heavy atom. The predicted molar refractivity (Wildman–Crippen MR) is 127 cm³/mol. The van der Waals surface area contributed by atoms with Crippen LogP contribution in [0, 0.1) is 20.8 Å². The normalized spacial score (nSPS) is 11.6. The van der Waals surface area contributed by atoms with Crippen LogP contribution in [0.1, 0.15) is 27.7 Å². The highest BCUT2D eigenvalue weighted by atomic mass is 32.1. The number of aliphatic imine (C=N–C) groups is 1. The zero-order valence-electron chi connectivity index (χ0n) is 19.1. The molecule has 0 fully saturated rings. The maximum atomic E-state index is 5.99. The quantitative estimate of drug-likeness (QED) is 0.407. The number of hydrogen-bond acceptors (Lipinski definition) is 5. The van der Waals surface area contributed by atoms with Crippen LogP contribution in [-0.2, 0) is 20.0 Å². The topological polar surface area (TPSA) is 67.6 Å². The molecule has 0 aliphatic heterocycles. The second-order valence-corrected chi connectivity index (χ2v) is 8.74. The largest absolute Gasteiger partial charge is 0.492 e. The van der Waals surface area contributed by atoms with E-state index in [0.717, 1.165) is 42.9 Å². The first-order chi connectivity index (χ1) is 14.9. The van der Waals surface area contributed by atoms with Gasteiger partial charge in [0.15, 0.2) is 11.8 Å². The minimum absolute atomic E-state index is 0.473. The average molecular weight is 441 g/mol. The monoisotopic (exact) mass is 440 g/mol. The Morgan fingerprint density at radius 3 is 2.61 bits per heavy atom. The van der Waals surface area contributed by atoms with Crippen LogP contribution in [-0.4, -0.2) is 52.4 Å². The van der Waals surface area contributed by atoms with Gasteiger partial charge in [-0.15, -0.1) is 21.5 Å². The van der Waals surface area contributed by atoms with E-state index in [0.29, 0.717) is 13.2 Å². The molecule has 166 valence electrons. The van der Waals surface area contributed by atoms with E-state index in [1.54, 1.807) is 11.3 Å². The Bertz CT molecular complexity index is 975. The van der Waals surface area contributed by atoms with E-state index in [9.17, 15) is 0 Å². The first-order valence-electron chi connectivity index (χ1n) is 10.5. The minimum atomic E-state index is 0.473. The van der Waals surface area contributed by atoms with Crippen LogP contribution in [0.25, 0.3) is 0 Å². The molecule has 3 aromatic rings. The summed E-state index contributed by atoms with van der Waals surface area (Å²) in [5.74, 6) is 3.47. The van der Waals surface area contributed by atoms with E-state index in [1.807, 2.05) is 25.6 Å². The van der Waals surface area contributed by atoms with Gasteiger partial charge in [-0.1, -0.05) is 12.1 Å². The summed E-state index contributed by atoms with van der Waals surface area (Å²) >= 11 is 1.78. The lowest BCUT2D eigenvalue weighted by Crippen LogP contribution is -2.41. The van der Waals surface area contributed by atoms with E-state index in [-0.39, 0.29) is 0 Å². The summed E-state index contributed by atoms with van der Waals surface area (Å²) in [6.07, 6.45) is 0.965. The number of hydrogen-bond donors (Lipinski definition) is 1. The Labute approximate surface area is 188 Å². The molecule has 0 aliphatic carbocycles. The van der Waals surface area contributed by atoms with Crippen molar-refractivity contribution in [3.63, 3.8) is 0 Å². The molecule has 2 aromatic heterocycles. The predicted octanol–water partition coefficient (Wildman–Crippen LogP) is 3.50. The lowest BCUT2D eigenvalue weighted by Gasteiger charge is -2.22. The molecule has 3 rings (SSSR count). The lowest BCUT2D eigenvalue weighted by atomic mass is 10.1. The van der Waals surface area contributed by atoms with Crippen molar-refractivity contribution in [1.82, 2.24) is 25.0 Å². The number of thiophene rings is 1. The fraction of sp³-hybridized carbons (Fsp3) is 0.435. The molecule has 7 nitrogen and oxygen atoms in total. The van der Waals surface area contributed by atoms with E-state index >= 15 is 0 Å². The second kappa shape index (κ2) is 10.9. The fourth-order valence-corrected chi connectivity index (χ4v) is 3.93. The maximum Gasteiger partial charge on any atom is 0.194 e. The molecule has 0 unspecified atom stereocenters. The third-order valence-electron chi connectivity index (χ3n) is 5.04. The van der Waals surface area contributed by atoms with Crippen LogP contribution >= 0.6 is 11.3 Å². The highest BCUT2D eigenvalue weighted by Crippen LogP contribution is 2.16. The van der Waals surface area contributed by atoms with Gasteiger partial charge in [0.1, 0.15) is 24.7 Å². The Hall–Kier alpha value is -2.87. The van der Waals surface area contributed by atoms with E-state index in [1.165, 1.54) is 16.0 Å². The van der Waals surface area contributed by atoms with Gasteiger partial charge in [0.2, 0.25) is 0 Å². The van der Waals surface area contributed by atoms with Crippen molar-refractivity contribution >= 4 is 17.3 Å². The average Bonchev–Trinajstić information content (AvgIpc) is 3.34. The van der Waals surface area contributed by atoms with Gasteiger partial charge in [-0.05, 0) is 61.9 Å². The van der Waals surface area contributed by atoms with E-state index in [4.69, 9.17) is 9.73 Å².